The second-order valence-corrected chi connectivity index (χ2v) is 10.5. The lowest BCUT2D eigenvalue weighted by atomic mass is 9.85. The Hall–Kier alpha value is -3.17. The van der Waals surface area contributed by atoms with Gasteiger partial charge >= 0.3 is 18.2 Å². The van der Waals surface area contributed by atoms with E-state index in [1.54, 1.807) is 40.7 Å². The normalized spacial score (nSPS) is 18.8. The number of fused-ring (bicyclic) bond motifs is 1. The molecule has 7 nitrogen and oxygen atoms in total. The number of nitrogens with zero attached hydrogens (tertiary/aromatic N) is 2. The maximum Gasteiger partial charge on any atom is 0.416 e. The van der Waals surface area contributed by atoms with Crippen LogP contribution in [0.5, 0.6) is 0 Å². The van der Waals surface area contributed by atoms with Crippen molar-refractivity contribution in [2.45, 2.75) is 78.3 Å². The van der Waals surface area contributed by atoms with Crippen molar-refractivity contribution in [3.63, 3.8) is 0 Å². The van der Waals surface area contributed by atoms with Gasteiger partial charge in [0, 0.05) is 11.1 Å². The van der Waals surface area contributed by atoms with Crippen molar-refractivity contribution in [2.75, 3.05) is 0 Å². The van der Waals surface area contributed by atoms with Gasteiger partial charge in [0.2, 0.25) is 0 Å². The highest BCUT2D eigenvalue weighted by atomic mass is 19.4. The fourth-order valence-corrected chi connectivity index (χ4v) is 4.03. The van der Waals surface area contributed by atoms with Crippen LogP contribution in [0.2, 0.25) is 0 Å². The fourth-order valence-electron chi connectivity index (χ4n) is 4.03. The molecule has 196 valence electrons. The summed E-state index contributed by atoms with van der Waals surface area (Å²) in [5.41, 5.74) is 0.223. The summed E-state index contributed by atoms with van der Waals surface area (Å²) in [5.74, 6) is -0.764. The monoisotopic (exact) mass is 507 g/mol. The van der Waals surface area contributed by atoms with Crippen LogP contribution in [0, 0.1) is 11.8 Å². The number of halogens is 3. The molecule has 0 fully saturated rings. The summed E-state index contributed by atoms with van der Waals surface area (Å²) in [4.78, 5) is 25.4. The molecular formula is C26H32F3N3O4. The van der Waals surface area contributed by atoms with Crippen LogP contribution in [0.4, 0.5) is 18.0 Å². The Morgan fingerprint density at radius 2 is 1.81 bits per heavy atom. The van der Waals surface area contributed by atoms with Crippen LogP contribution in [0.1, 0.15) is 70.9 Å². The van der Waals surface area contributed by atoms with E-state index >= 15 is 0 Å². The van der Waals surface area contributed by atoms with Crippen molar-refractivity contribution in [3.8, 4) is 11.3 Å². The number of carbonyl (C=O) groups is 2. The molecule has 3 atom stereocenters. The topological polar surface area (TPSA) is 90.4 Å². The molecule has 0 aliphatic heterocycles. The standard InChI is InChI=1S/C26H32F3N3O4/c1-14(2)22(30-24(34)36-25(4,5)6)23(33)35-21-11-15(3)10-20-18(21)13-19(31-32-20)16-8-7-9-17(12-16)26(27,28)29/h7-9,12-15,21-22H,10-11H2,1-6H3,(H,30,34)/t15?,21?,22-/m0/s1. The lowest BCUT2D eigenvalue weighted by molar-refractivity contribution is -0.154. The molecular weight excluding hydrogens is 475 g/mol. The second-order valence-electron chi connectivity index (χ2n) is 10.5. The third kappa shape index (κ3) is 6.95. The number of amides is 1. The third-order valence-electron chi connectivity index (χ3n) is 5.75. The van der Waals surface area contributed by atoms with Crippen LogP contribution < -0.4 is 5.32 Å². The summed E-state index contributed by atoms with van der Waals surface area (Å²) in [7, 11) is 0. The highest BCUT2D eigenvalue weighted by molar-refractivity contribution is 5.82. The van der Waals surface area contributed by atoms with Gasteiger partial charge in [0.05, 0.1) is 17.0 Å². The molecule has 0 saturated carbocycles. The molecule has 2 unspecified atom stereocenters. The van der Waals surface area contributed by atoms with E-state index in [9.17, 15) is 22.8 Å². The number of nitrogens with one attached hydrogen (secondary N) is 1. The minimum Gasteiger partial charge on any atom is -0.456 e. The molecule has 0 bridgehead atoms. The first-order valence-corrected chi connectivity index (χ1v) is 11.9. The zero-order valence-electron chi connectivity index (χ0n) is 21.3. The van der Waals surface area contributed by atoms with Crippen LogP contribution >= 0.6 is 0 Å². The van der Waals surface area contributed by atoms with E-state index in [-0.39, 0.29) is 23.1 Å². The Kier molecular flexibility index (Phi) is 7.95. The summed E-state index contributed by atoms with van der Waals surface area (Å²) in [6.07, 6.45) is -4.79. The van der Waals surface area contributed by atoms with Gasteiger partial charge in [-0.15, -0.1) is 0 Å². The third-order valence-corrected chi connectivity index (χ3v) is 5.75. The number of rotatable bonds is 5. The van der Waals surface area contributed by atoms with Gasteiger partial charge < -0.3 is 14.8 Å². The highest BCUT2D eigenvalue weighted by Gasteiger charge is 2.35. The van der Waals surface area contributed by atoms with E-state index in [0.717, 1.165) is 12.1 Å². The number of aromatic nitrogens is 2. The summed E-state index contributed by atoms with van der Waals surface area (Å²) in [5, 5.41) is 11.0. The van der Waals surface area contributed by atoms with Gasteiger partial charge in [-0.25, -0.2) is 9.59 Å². The molecule has 0 radical (unpaired) electrons. The molecule has 1 aromatic carbocycles. The van der Waals surface area contributed by atoms with E-state index in [1.807, 2.05) is 6.92 Å². The average Bonchev–Trinajstić information content (AvgIpc) is 2.75. The van der Waals surface area contributed by atoms with Gasteiger partial charge in [-0.05, 0) is 63.6 Å². The van der Waals surface area contributed by atoms with Gasteiger partial charge in [0.1, 0.15) is 17.7 Å². The fraction of sp³-hybridized carbons (Fsp3) is 0.538. The highest BCUT2D eigenvalue weighted by Crippen LogP contribution is 2.37. The van der Waals surface area contributed by atoms with Crippen molar-refractivity contribution in [1.29, 1.82) is 0 Å². The van der Waals surface area contributed by atoms with Crippen LogP contribution in [-0.2, 0) is 26.9 Å². The van der Waals surface area contributed by atoms with Gasteiger partial charge in [-0.1, -0.05) is 32.9 Å². The van der Waals surface area contributed by atoms with E-state index in [4.69, 9.17) is 9.47 Å². The number of hydrogen-bond acceptors (Lipinski definition) is 6. The zero-order valence-corrected chi connectivity index (χ0v) is 21.3. The van der Waals surface area contributed by atoms with Crippen molar-refractivity contribution >= 4 is 12.1 Å². The lowest BCUT2D eigenvalue weighted by Crippen LogP contribution is -2.47. The Balaban J connectivity index is 1.87. The molecule has 1 aliphatic carbocycles. The molecule has 2 aromatic rings. The molecule has 1 heterocycles. The lowest BCUT2D eigenvalue weighted by Gasteiger charge is -2.31. The number of esters is 1. The molecule has 1 N–H and O–H groups in total. The number of alkyl carbamates (subject to hydrolysis) is 1. The Labute approximate surface area is 208 Å². The van der Waals surface area contributed by atoms with E-state index in [2.05, 4.69) is 15.5 Å². The summed E-state index contributed by atoms with van der Waals surface area (Å²) >= 11 is 0. The van der Waals surface area contributed by atoms with Gasteiger partial charge in [0.15, 0.2) is 0 Å². The molecule has 1 amide bonds. The Morgan fingerprint density at radius 1 is 1.11 bits per heavy atom. The van der Waals surface area contributed by atoms with E-state index < -0.39 is 41.5 Å². The van der Waals surface area contributed by atoms with Crippen LogP contribution in [0.3, 0.4) is 0 Å². The van der Waals surface area contributed by atoms with Gasteiger partial charge in [-0.2, -0.15) is 23.4 Å². The SMILES string of the molecule is CC1Cc2nnc(-c3cccc(C(F)(F)F)c3)cc2C(OC(=O)[C@@H](NC(=O)OC(C)(C)C)C(C)C)C1. The maximum atomic E-state index is 13.2. The minimum atomic E-state index is -4.49. The maximum absolute atomic E-state index is 13.2. The number of alkyl halides is 3. The quantitative estimate of drug-likeness (QED) is 0.509. The largest absolute Gasteiger partial charge is 0.456 e. The number of ether oxygens (including phenoxy) is 2. The Bertz CT molecular complexity index is 1110. The molecule has 36 heavy (non-hydrogen) atoms. The molecule has 0 spiro atoms. The average molecular weight is 508 g/mol. The van der Waals surface area contributed by atoms with Crippen molar-refractivity contribution in [1.82, 2.24) is 15.5 Å². The van der Waals surface area contributed by atoms with Crippen molar-refractivity contribution in [3.05, 3.63) is 47.2 Å². The van der Waals surface area contributed by atoms with Gasteiger partial charge in [-0.3, -0.25) is 0 Å². The molecule has 10 heteroatoms. The molecule has 3 rings (SSSR count). The number of hydrogen-bond donors (Lipinski definition) is 1. The Morgan fingerprint density at radius 3 is 2.42 bits per heavy atom. The summed E-state index contributed by atoms with van der Waals surface area (Å²) in [6, 6.07) is 5.53. The van der Waals surface area contributed by atoms with Crippen LogP contribution in [0.15, 0.2) is 30.3 Å². The summed E-state index contributed by atoms with van der Waals surface area (Å²) in [6.45, 7) is 10.7. The second kappa shape index (κ2) is 10.4. The van der Waals surface area contributed by atoms with Crippen LogP contribution in [-0.4, -0.2) is 33.9 Å². The number of benzene rings is 1. The van der Waals surface area contributed by atoms with Gasteiger partial charge in [0.25, 0.3) is 0 Å². The predicted octanol–water partition coefficient (Wildman–Crippen LogP) is 5.88. The predicted molar refractivity (Wildman–Crippen MR) is 127 cm³/mol. The first-order valence-electron chi connectivity index (χ1n) is 11.9. The first-order chi connectivity index (χ1) is 16.6. The van der Waals surface area contributed by atoms with E-state index in [0.29, 0.717) is 24.1 Å². The molecule has 0 saturated heterocycles. The van der Waals surface area contributed by atoms with Crippen molar-refractivity contribution in [2.24, 2.45) is 11.8 Å². The van der Waals surface area contributed by atoms with E-state index in [1.165, 1.54) is 12.1 Å². The molecule has 1 aliphatic rings. The zero-order chi connectivity index (χ0) is 26.8. The van der Waals surface area contributed by atoms with Crippen LogP contribution in [0.25, 0.3) is 11.3 Å². The smallest absolute Gasteiger partial charge is 0.416 e. The first kappa shape index (κ1) is 27.4. The minimum absolute atomic E-state index is 0.139. The summed E-state index contributed by atoms with van der Waals surface area (Å²) < 4.78 is 50.7. The number of carbonyl (C=O) groups excluding carboxylic acids is 2. The van der Waals surface area contributed by atoms with Crippen molar-refractivity contribution < 1.29 is 32.2 Å². The molecule has 1 aromatic heterocycles.